The predicted octanol–water partition coefficient (Wildman–Crippen LogP) is 5.87. The van der Waals surface area contributed by atoms with Crippen LogP contribution in [0.2, 0.25) is 0 Å². The molecule has 0 radical (unpaired) electrons. The molecule has 2 fully saturated rings. The Labute approximate surface area is 336 Å². The molecule has 58 heavy (non-hydrogen) atoms. The number of amides is 3. The lowest BCUT2D eigenvalue weighted by atomic mass is 9.99. The number of nitrogens with zero attached hydrogens (tertiary/aromatic N) is 5. The summed E-state index contributed by atoms with van der Waals surface area (Å²) < 4.78 is 15.6. The van der Waals surface area contributed by atoms with Gasteiger partial charge in [0.05, 0.1) is 61.4 Å². The van der Waals surface area contributed by atoms with Gasteiger partial charge in [0.1, 0.15) is 17.7 Å². The van der Waals surface area contributed by atoms with Gasteiger partial charge in [-0.3, -0.25) is 9.59 Å². The topological polar surface area (TPSA) is 186 Å². The molecule has 2 aliphatic rings. The van der Waals surface area contributed by atoms with Gasteiger partial charge in [-0.25, -0.2) is 19.8 Å². The van der Waals surface area contributed by atoms with E-state index in [0.29, 0.717) is 18.9 Å². The SMILES string of the molecule is COOC=N[C@H](C(=O)N1CCC[C@H]1c1nc2ccc(-c3ccc4cc(-c5cnc([C@@H]6CCCN6C(=O)[C@@H](NC(=O)OC)[C@@H](C)OC)[nH]5)ccc4c3)cc2[nH]1)[C@@H](C)OC. The molecule has 0 saturated carbocycles. The van der Waals surface area contributed by atoms with Crippen molar-refractivity contribution in [2.45, 2.75) is 75.9 Å². The van der Waals surface area contributed by atoms with Gasteiger partial charge >= 0.3 is 6.09 Å². The highest BCUT2D eigenvalue weighted by atomic mass is 17.2. The number of likely N-dealkylation sites (tertiary alicyclic amines) is 2. The van der Waals surface area contributed by atoms with Gasteiger partial charge in [-0.2, -0.15) is 4.89 Å². The first kappa shape index (κ1) is 40.4. The summed E-state index contributed by atoms with van der Waals surface area (Å²) >= 11 is 0. The van der Waals surface area contributed by atoms with Gasteiger partial charge in [-0.1, -0.05) is 30.3 Å². The van der Waals surface area contributed by atoms with Gasteiger partial charge < -0.3 is 44.2 Å². The second-order valence-electron chi connectivity index (χ2n) is 14.6. The lowest BCUT2D eigenvalue weighted by Gasteiger charge is -2.30. The second kappa shape index (κ2) is 17.7. The average Bonchev–Trinajstić information content (AvgIpc) is 4.09. The highest BCUT2D eigenvalue weighted by Gasteiger charge is 2.39. The minimum absolute atomic E-state index is 0.161. The number of aromatic nitrogens is 4. The Bertz CT molecular complexity index is 2290. The molecule has 5 aromatic rings. The van der Waals surface area contributed by atoms with Gasteiger partial charge in [-0.05, 0) is 85.7 Å². The summed E-state index contributed by atoms with van der Waals surface area (Å²) in [5.74, 6) is 1.02. The molecule has 306 valence electrons. The fraction of sp³-hybridized carbons (Fsp3) is 0.429. The van der Waals surface area contributed by atoms with Crippen LogP contribution in [0.4, 0.5) is 4.79 Å². The molecule has 7 rings (SSSR count). The van der Waals surface area contributed by atoms with Crippen molar-refractivity contribution in [1.82, 2.24) is 35.1 Å². The Hall–Kier alpha value is -5.84. The number of methoxy groups -OCH3 is 3. The molecule has 2 aromatic heterocycles. The fourth-order valence-electron chi connectivity index (χ4n) is 7.94. The van der Waals surface area contributed by atoms with Crippen LogP contribution in [0.3, 0.4) is 0 Å². The monoisotopic (exact) mass is 794 g/mol. The molecule has 2 aliphatic heterocycles. The van der Waals surface area contributed by atoms with E-state index in [1.54, 1.807) is 32.1 Å². The normalized spacial score (nSPS) is 19.1. The van der Waals surface area contributed by atoms with E-state index in [9.17, 15) is 14.4 Å². The van der Waals surface area contributed by atoms with Gasteiger partial charge in [0, 0.05) is 32.9 Å². The summed E-state index contributed by atoms with van der Waals surface area (Å²) in [5, 5.41) is 4.77. The molecule has 16 nitrogen and oxygen atoms in total. The van der Waals surface area contributed by atoms with E-state index in [-0.39, 0.29) is 23.9 Å². The Morgan fingerprint density at radius 2 is 1.45 bits per heavy atom. The average molecular weight is 795 g/mol. The van der Waals surface area contributed by atoms with Crippen molar-refractivity contribution in [3.8, 4) is 22.4 Å². The number of aliphatic imine (C=N–C) groups is 1. The number of ether oxygens (including phenoxy) is 3. The first-order valence-corrected chi connectivity index (χ1v) is 19.4. The van der Waals surface area contributed by atoms with Crippen molar-refractivity contribution >= 4 is 46.1 Å². The number of carbonyl (C=O) groups is 3. The van der Waals surface area contributed by atoms with Gasteiger partial charge in [0.15, 0.2) is 6.04 Å². The molecule has 3 N–H and O–H groups in total. The van der Waals surface area contributed by atoms with Gasteiger partial charge in [0.2, 0.25) is 12.3 Å². The first-order valence-electron chi connectivity index (χ1n) is 19.4. The van der Waals surface area contributed by atoms with Crippen LogP contribution < -0.4 is 5.32 Å². The molecule has 2 saturated heterocycles. The Morgan fingerprint density at radius 3 is 2.14 bits per heavy atom. The third-order valence-corrected chi connectivity index (χ3v) is 11.3. The predicted molar refractivity (Wildman–Crippen MR) is 217 cm³/mol. The van der Waals surface area contributed by atoms with Crippen LogP contribution in [0.15, 0.2) is 65.8 Å². The van der Waals surface area contributed by atoms with Crippen molar-refractivity contribution < 1.29 is 38.4 Å². The van der Waals surface area contributed by atoms with Crippen molar-refractivity contribution in [2.75, 3.05) is 41.5 Å². The number of imidazole rings is 2. The second-order valence-corrected chi connectivity index (χ2v) is 14.6. The maximum absolute atomic E-state index is 13.7. The number of H-pyrrole nitrogens is 2. The van der Waals surface area contributed by atoms with E-state index in [4.69, 9.17) is 29.1 Å². The van der Waals surface area contributed by atoms with Crippen molar-refractivity contribution in [2.24, 2.45) is 4.99 Å². The number of fused-ring (bicyclic) bond motifs is 2. The zero-order valence-electron chi connectivity index (χ0n) is 33.6. The van der Waals surface area contributed by atoms with Crippen molar-refractivity contribution in [1.29, 1.82) is 0 Å². The van der Waals surface area contributed by atoms with E-state index in [1.807, 2.05) is 11.0 Å². The van der Waals surface area contributed by atoms with Crippen molar-refractivity contribution in [3.05, 3.63) is 72.4 Å². The minimum atomic E-state index is -0.899. The van der Waals surface area contributed by atoms with Crippen LogP contribution in [0.1, 0.15) is 63.3 Å². The van der Waals surface area contributed by atoms with Gasteiger partial charge in [-0.15, -0.1) is 0 Å². The Morgan fingerprint density at radius 1 is 0.810 bits per heavy atom. The molecule has 0 unspecified atom stereocenters. The molecule has 0 spiro atoms. The number of hydrogen-bond acceptors (Lipinski definition) is 11. The third-order valence-electron chi connectivity index (χ3n) is 11.3. The molecule has 16 heteroatoms. The molecule has 3 amide bonds. The van der Waals surface area contributed by atoms with E-state index < -0.39 is 30.4 Å². The Kier molecular flexibility index (Phi) is 12.4. The molecule has 4 heterocycles. The maximum Gasteiger partial charge on any atom is 0.407 e. The fourth-order valence-corrected chi connectivity index (χ4v) is 7.94. The largest absolute Gasteiger partial charge is 0.453 e. The summed E-state index contributed by atoms with van der Waals surface area (Å²) in [6.45, 7) is 4.67. The standard InChI is InChI=1S/C42H50N8O8/c1-24(54-3)36(44-23-58-57-6)40(51)50-18-8-10-35(50)39-45-31-16-15-29(21-32(31)46-39)27-11-12-28-20-30(14-13-26(28)19-27)33-22-43-38(47-33)34-9-7-17-49(34)41(52)37(25(2)55-4)48-42(53)56-5/h11-16,19-25,34-37H,7-10,17-18H2,1-6H3,(H,43,47)(H,45,46)(H,48,53)/t24-,25-,34+,35+,36+,37+/m1/s1. The van der Waals surface area contributed by atoms with Crippen LogP contribution in [0, 0.1) is 0 Å². The number of nitrogens with one attached hydrogen (secondary N) is 3. The lowest BCUT2D eigenvalue weighted by molar-refractivity contribution is -0.188. The van der Waals surface area contributed by atoms with Gasteiger partial charge in [0.25, 0.3) is 5.91 Å². The molecule has 3 aromatic carbocycles. The molecular formula is C42H50N8O8. The zero-order valence-corrected chi connectivity index (χ0v) is 33.6. The molecular weight excluding hydrogens is 745 g/mol. The molecule has 6 atom stereocenters. The summed E-state index contributed by atoms with van der Waals surface area (Å²) in [4.78, 5) is 73.3. The number of alkyl carbamates (subject to hydrolysis) is 1. The van der Waals surface area contributed by atoms with Crippen LogP contribution in [0.5, 0.6) is 0 Å². The van der Waals surface area contributed by atoms with E-state index >= 15 is 0 Å². The van der Waals surface area contributed by atoms with Crippen LogP contribution in [0.25, 0.3) is 44.2 Å². The van der Waals surface area contributed by atoms with Crippen molar-refractivity contribution in [3.63, 3.8) is 0 Å². The van der Waals surface area contributed by atoms with E-state index in [1.165, 1.54) is 21.3 Å². The lowest BCUT2D eigenvalue weighted by Crippen LogP contribution is -2.54. The Balaban J connectivity index is 1.07. The zero-order chi connectivity index (χ0) is 40.9. The number of benzene rings is 3. The number of hydrogen-bond donors (Lipinski definition) is 3. The highest BCUT2D eigenvalue weighted by molar-refractivity contribution is 5.92. The molecule has 0 bridgehead atoms. The van der Waals surface area contributed by atoms with E-state index in [2.05, 4.69) is 73.7 Å². The quantitative estimate of drug-likeness (QED) is 0.0532. The summed E-state index contributed by atoms with van der Waals surface area (Å²) in [7, 11) is 5.68. The number of rotatable bonds is 14. The van der Waals surface area contributed by atoms with Crippen LogP contribution >= 0.6 is 0 Å². The van der Waals surface area contributed by atoms with E-state index in [0.717, 1.165) is 82.1 Å². The molecule has 0 aliphatic carbocycles. The summed E-state index contributed by atoms with van der Waals surface area (Å²) in [5.41, 5.74) is 5.61. The smallest absolute Gasteiger partial charge is 0.407 e. The summed E-state index contributed by atoms with van der Waals surface area (Å²) in [6, 6.07) is 16.6. The first-order chi connectivity index (χ1) is 28.1. The number of aromatic amines is 2. The minimum Gasteiger partial charge on any atom is -0.453 e. The number of carbonyl (C=O) groups excluding carboxylic acids is 3. The van der Waals surface area contributed by atoms with Crippen LogP contribution in [-0.2, 0) is 33.6 Å². The third kappa shape index (κ3) is 8.26. The summed E-state index contributed by atoms with van der Waals surface area (Å²) in [6.07, 6.45) is 4.38. The maximum atomic E-state index is 13.7. The van der Waals surface area contributed by atoms with Crippen LogP contribution in [-0.4, -0.2) is 120 Å². The highest BCUT2D eigenvalue weighted by Crippen LogP contribution is 2.36.